The zero-order valence-electron chi connectivity index (χ0n) is 11.1. The van der Waals surface area contributed by atoms with Crippen LogP contribution in [0.2, 0.25) is 0 Å². The SMILES string of the molecule is CC(CCc1ccc2c(c1)OCO2)NCC(O)CO. The quantitative estimate of drug-likeness (QED) is 0.677. The maximum atomic E-state index is 9.25. The number of hydrogen-bond acceptors (Lipinski definition) is 5. The fourth-order valence-corrected chi connectivity index (χ4v) is 1.98. The average molecular weight is 267 g/mol. The molecule has 0 radical (unpaired) electrons. The van der Waals surface area contributed by atoms with Crippen molar-refractivity contribution in [3.05, 3.63) is 23.8 Å². The second-order valence-corrected chi connectivity index (χ2v) is 4.87. The molecule has 0 fully saturated rings. The summed E-state index contributed by atoms with van der Waals surface area (Å²) >= 11 is 0. The van der Waals surface area contributed by atoms with Crippen molar-refractivity contribution in [3.8, 4) is 11.5 Å². The Kier molecular flexibility index (Phi) is 5.01. The van der Waals surface area contributed by atoms with Gasteiger partial charge in [-0.3, -0.25) is 0 Å². The van der Waals surface area contributed by atoms with Crippen molar-refractivity contribution >= 4 is 0 Å². The van der Waals surface area contributed by atoms with Gasteiger partial charge in [-0.05, 0) is 37.5 Å². The van der Waals surface area contributed by atoms with E-state index in [1.807, 2.05) is 18.2 Å². The largest absolute Gasteiger partial charge is 0.454 e. The summed E-state index contributed by atoms with van der Waals surface area (Å²) in [5.41, 5.74) is 1.21. The van der Waals surface area contributed by atoms with Crippen molar-refractivity contribution in [2.45, 2.75) is 31.9 Å². The van der Waals surface area contributed by atoms with Crippen LogP contribution in [0.1, 0.15) is 18.9 Å². The van der Waals surface area contributed by atoms with Crippen molar-refractivity contribution in [2.24, 2.45) is 0 Å². The molecular weight excluding hydrogens is 246 g/mol. The van der Waals surface area contributed by atoms with E-state index >= 15 is 0 Å². The molecule has 0 spiro atoms. The number of hydrogen-bond donors (Lipinski definition) is 3. The van der Waals surface area contributed by atoms with Crippen LogP contribution in [-0.4, -0.2) is 42.3 Å². The van der Waals surface area contributed by atoms with Crippen molar-refractivity contribution in [2.75, 3.05) is 19.9 Å². The van der Waals surface area contributed by atoms with E-state index < -0.39 is 6.10 Å². The van der Waals surface area contributed by atoms with E-state index in [-0.39, 0.29) is 12.6 Å². The van der Waals surface area contributed by atoms with E-state index in [1.54, 1.807) is 0 Å². The number of rotatable bonds is 7. The maximum absolute atomic E-state index is 9.25. The van der Waals surface area contributed by atoms with E-state index in [4.69, 9.17) is 14.6 Å². The van der Waals surface area contributed by atoms with Crippen LogP contribution in [0.15, 0.2) is 18.2 Å². The summed E-state index contributed by atoms with van der Waals surface area (Å²) in [6.07, 6.45) is 1.20. The summed E-state index contributed by atoms with van der Waals surface area (Å²) in [4.78, 5) is 0. The summed E-state index contributed by atoms with van der Waals surface area (Å²) in [7, 11) is 0. The molecule has 2 atom stereocenters. The molecule has 1 aromatic carbocycles. The van der Waals surface area contributed by atoms with Gasteiger partial charge < -0.3 is 25.0 Å². The molecule has 19 heavy (non-hydrogen) atoms. The standard InChI is InChI=1S/C14H21NO4/c1-10(15-7-12(17)8-16)2-3-11-4-5-13-14(6-11)19-9-18-13/h4-6,10,12,15-17H,2-3,7-9H2,1H3. The van der Waals surface area contributed by atoms with Crippen molar-refractivity contribution in [3.63, 3.8) is 0 Å². The fraction of sp³-hybridized carbons (Fsp3) is 0.571. The normalized spacial score (nSPS) is 16.4. The molecule has 0 bridgehead atoms. The minimum atomic E-state index is -0.687. The Hall–Kier alpha value is -1.30. The van der Waals surface area contributed by atoms with Crippen LogP contribution in [0.25, 0.3) is 0 Å². The molecule has 106 valence electrons. The zero-order chi connectivity index (χ0) is 13.7. The fourth-order valence-electron chi connectivity index (χ4n) is 1.98. The van der Waals surface area contributed by atoms with Gasteiger partial charge in [-0.15, -0.1) is 0 Å². The van der Waals surface area contributed by atoms with Crippen LogP contribution < -0.4 is 14.8 Å². The third-order valence-electron chi connectivity index (χ3n) is 3.22. The first-order chi connectivity index (χ1) is 9.19. The molecule has 1 aliphatic rings. The Morgan fingerprint density at radius 3 is 2.89 bits per heavy atom. The lowest BCUT2D eigenvalue weighted by Gasteiger charge is -2.16. The molecule has 0 aliphatic carbocycles. The van der Waals surface area contributed by atoms with Gasteiger partial charge in [0.25, 0.3) is 0 Å². The van der Waals surface area contributed by atoms with E-state index in [9.17, 15) is 5.11 Å². The molecule has 0 saturated heterocycles. The third kappa shape index (κ3) is 4.09. The van der Waals surface area contributed by atoms with Gasteiger partial charge in [0.15, 0.2) is 11.5 Å². The third-order valence-corrected chi connectivity index (χ3v) is 3.22. The van der Waals surface area contributed by atoms with E-state index in [0.717, 1.165) is 24.3 Å². The molecule has 0 aromatic heterocycles. The van der Waals surface area contributed by atoms with Crippen LogP contribution in [0.3, 0.4) is 0 Å². The number of fused-ring (bicyclic) bond motifs is 1. The first kappa shape index (κ1) is 14.1. The summed E-state index contributed by atoms with van der Waals surface area (Å²) < 4.78 is 10.6. The number of nitrogens with one attached hydrogen (secondary N) is 1. The van der Waals surface area contributed by atoms with Gasteiger partial charge in [0, 0.05) is 12.6 Å². The smallest absolute Gasteiger partial charge is 0.231 e. The van der Waals surface area contributed by atoms with E-state index in [0.29, 0.717) is 13.3 Å². The van der Waals surface area contributed by atoms with Gasteiger partial charge in [-0.2, -0.15) is 0 Å². The van der Waals surface area contributed by atoms with Crippen molar-refractivity contribution < 1.29 is 19.7 Å². The summed E-state index contributed by atoms with van der Waals surface area (Å²) in [5.74, 6) is 1.62. The Morgan fingerprint density at radius 1 is 1.32 bits per heavy atom. The topological polar surface area (TPSA) is 71.0 Å². The van der Waals surface area contributed by atoms with Crippen LogP contribution in [-0.2, 0) is 6.42 Å². The second-order valence-electron chi connectivity index (χ2n) is 4.87. The lowest BCUT2D eigenvalue weighted by molar-refractivity contribution is 0.0921. The molecule has 1 heterocycles. The van der Waals surface area contributed by atoms with E-state index in [2.05, 4.69) is 12.2 Å². The summed E-state index contributed by atoms with van der Waals surface area (Å²) in [5, 5.41) is 21.2. The molecular formula is C14H21NO4. The van der Waals surface area contributed by atoms with Gasteiger partial charge >= 0.3 is 0 Å². The first-order valence-electron chi connectivity index (χ1n) is 6.60. The highest BCUT2D eigenvalue weighted by Gasteiger charge is 2.13. The molecule has 0 saturated carbocycles. The highest BCUT2D eigenvalue weighted by atomic mass is 16.7. The molecule has 0 amide bonds. The molecule has 2 unspecified atom stereocenters. The van der Waals surface area contributed by atoms with E-state index in [1.165, 1.54) is 5.56 Å². The van der Waals surface area contributed by atoms with Crippen molar-refractivity contribution in [1.82, 2.24) is 5.32 Å². The number of benzene rings is 1. The predicted octanol–water partition coefficient (Wildman–Crippen LogP) is 0.679. The van der Waals surface area contributed by atoms with Gasteiger partial charge in [-0.1, -0.05) is 6.07 Å². The van der Waals surface area contributed by atoms with Crippen LogP contribution >= 0.6 is 0 Å². The summed E-state index contributed by atoms with van der Waals surface area (Å²) in [6, 6.07) is 6.28. The second kappa shape index (κ2) is 6.75. The van der Waals surface area contributed by atoms with Crippen LogP contribution in [0.4, 0.5) is 0 Å². The molecule has 5 heteroatoms. The highest BCUT2D eigenvalue weighted by molar-refractivity contribution is 5.44. The zero-order valence-corrected chi connectivity index (χ0v) is 11.1. The Bertz CT molecular complexity index is 410. The number of aryl methyl sites for hydroxylation is 1. The molecule has 1 aliphatic heterocycles. The maximum Gasteiger partial charge on any atom is 0.231 e. The lowest BCUT2D eigenvalue weighted by Crippen LogP contribution is -2.35. The van der Waals surface area contributed by atoms with Gasteiger partial charge in [0.1, 0.15) is 0 Å². The molecule has 2 rings (SSSR count). The molecule has 1 aromatic rings. The monoisotopic (exact) mass is 267 g/mol. The Morgan fingerprint density at radius 2 is 2.11 bits per heavy atom. The summed E-state index contributed by atoms with van der Waals surface area (Å²) in [6.45, 7) is 2.58. The van der Waals surface area contributed by atoms with Crippen LogP contribution in [0, 0.1) is 0 Å². The highest BCUT2D eigenvalue weighted by Crippen LogP contribution is 2.32. The van der Waals surface area contributed by atoms with Gasteiger partial charge in [-0.25, -0.2) is 0 Å². The lowest BCUT2D eigenvalue weighted by atomic mass is 10.1. The molecule has 5 nitrogen and oxygen atoms in total. The average Bonchev–Trinajstić information content (AvgIpc) is 2.89. The Balaban J connectivity index is 1.75. The van der Waals surface area contributed by atoms with Gasteiger partial charge in [0.2, 0.25) is 6.79 Å². The number of aliphatic hydroxyl groups is 2. The molecule has 3 N–H and O–H groups in total. The van der Waals surface area contributed by atoms with Crippen LogP contribution in [0.5, 0.6) is 11.5 Å². The van der Waals surface area contributed by atoms with Gasteiger partial charge in [0.05, 0.1) is 12.7 Å². The van der Waals surface area contributed by atoms with Crippen molar-refractivity contribution in [1.29, 1.82) is 0 Å². The minimum Gasteiger partial charge on any atom is -0.454 e. The predicted molar refractivity (Wildman–Crippen MR) is 71.4 cm³/mol. The first-order valence-corrected chi connectivity index (χ1v) is 6.60. The Labute approximate surface area is 113 Å². The minimum absolute atomic E-state index is 0.206. The number of ether oxygens (including phenoxy) is 2. The number of aliphatic hydroxyl groups excluding tert-OH is 2.